The number of aryl methyl sites for hydroxylation is 2. The molecule has 4 nitrogen and oxygen atoms in total. The van der Waals surface area contributed by atoms with Crippen LogP contribution in [0.1, 0.15) is 16.7 Å². The quantitative estimate of drug-likeness (QED) is 0.489. The lowest BCUT2D eigenvalue weighted by atomic mass is 10.0. The fourth-order valence-corrected chi connectivity index (χ4v) is 3.38. The highest BCUT2D eigenvalue weighted by Crippen LogP contribution is 2.36. The van der Waals surface area contributed by atoms with Crippen molar-refractivity contribution in [1.82, 2.24) is 4.98 Å². The van der Waals surface area contributed by atoms with E-state index in [1.54, 1.807) is 7.11 Å². The van der Waals surface area contributed by atoms with Gasteiger partial charge in [0.1, 0.15) is 5.75 Å². The monoisotopic (exact) mass is 358 g/mol. The molecule has 0 fully saturated rings. The number of aliphatic hydroxyl groups is 1. The Morgan fingerprint density at radius 3 is 2.37 bits per heavy atom. The van der Waals surface area contributed by atoms with Gasteiger partial charge in [0.05, 0.1) is 30.4 Å². The van der Waals surface area contributed by atoms with E-state index >= 15 is 0 Å². The van der Waals surface area contributed by atoms with Crippen LogP contribution >= 0.6 is 0 Å². The standard InChI is InChI=1S/C23H22N2O2/c1-14-4-9-18-20(10-14)25-21-11-15(2)22(27-3)12-19(21)23(18)24-17-7-5-16(13-26)6-8-17/h4-12,26H,13H2,1-3H3,(H,24,25). The molecule has 27 heavy (non-hydrogen) atoms. The highest BCUT2D eigenvalue weighted by Gasteiger charge is 2.12. The van der Waals surface area contributed by atoms with E-state index in [0.29, 0.717) is 0 Å². The number of rotatable bonds is 4. The third-order valence-electron chi connectivity index (χ3n) is 4.85. The fraction of sp³-hybridized carbons (Fsp3) is 0.174. The van der Waals surface area contributed by atoms with E-state index in [9.17, 15) is 5.11 Å². The first-order chi connectivity index (χ1) is 13.1. The molecule has 0 saturated carbocycles. The van der Waals surface area contributed by atoms with Gasteiger partial charge in [0.2, 0.25) is 0 Å². The number of aliphatic hydroxyl groups excluding tert-OH is 1. The average molecular weight is 358 g/mol. The van der Waals surface area contributed by atoms with Gasteiger partial charge in [0, 0.05) is 16.5 Å². The van der Waals surface area contributed by atoms with Gasteiger partial charge in [0.25, 0.3) is 0 Å². The molecule has 0 aliphatic rings. The zero-order valence-corrected chi connectivity index (χ0v) is 15.7. The van der Waals surface area contributed by atoms with Crippen molar-refractivity contribution >= 4 is 33.2 Å². The van der Waals surface area contributed by atoms with Crippen LogP contribution < -0.4 is 10.1 Å². The van der Waals surface area contributed by atoms with Crippen LogP contribution in [0.4, 0.5) is 11.4 Å². The first kappa shape index (κ1) is 17.3. The van der Waals surface area contributed by atoms with Gasteiger partial charge in [-0.2, -0.15) is 0 Å². The van der Waals surface area contributed by atoms with Crippen LogP contribution in [-0.4, -0.2) is 17.2 Å². The molecular formula is C23H22N2O2. The molecule has 0 spiro atoms. The van der Waals surface area contributed by atoms with E-state index in [0.717, 1.165) is 50.1 Å². The molecule has 0 unspecified atom stereocenters. The van der Waals surface area contributed by atoms with Crippen molar-refractivity contribution in [3.05, 3.63) is 71.3 Å². The van der Waals surface area contributed by atoms with Crippen molar-refractivity contribution in [2.75, 3.05) is 12.4 Å². The molecule has 136 valence electrons. The molecule has 4 aromatic rings. The van der Waals surface area contributed by atoms with Crippen LogP contribution in [0.5, 0.6) is 5.75 Å². The number of anilines is 2. The third kappa shape index (κ3) is 3.20. The number of hydrogen-bond donors (Lipinski definition) is 2. The Bertz CT molecular complexity index is 1130. The van der Waals surface area contributed by atoms with Crippen molar-refractivity contribution in [2.45, 2.75) is 20.5 Å². The summed E-state index contributed by atoms with van der Waals surface area (Å²) in [5.74, 6) is 0.842. The first-order valence-corrected chi connectivity index (χ1v) is 8.94. The first-order valence-electron chi connectivity index (χ1n) is 8.94. The van der Waals surface area contributed by atoms with Crippen LogP contribution in [0.15, 0.2) is 54.6 Å². The van der Waals surface area contributed by atoms with Crippen molar-refractivity contribution in [3.63, 3.8) is 0 Å². The molecule has 0 bridgehead atoms. The Balaban J connectivity index is 1.97. The van der Waals surface area contributed by atoms with Gasteiger partial charge in [-0.3, -0.25) is 0 Å². The van der Waals surface area contributed by atoms with Crippen molar-refractivity contribution in [3.8, 4) is 5.75 Å². The summed E-state index contributed by atoms with van der Waals surface area (Å²) in [6.45, 7) is 4.14. The maximum absolute atomic E-state index is 9.27. The molecule has 1 heterocycles. The number of methoxy groups -OCH3 is 1. The molecule has 0 amide bonds. The minimum absolute atomic E-state index is 0.0388. The van der Waals surface area contributed by atoms with Gasteiger partial charge in [-0.1, -0.05) is 24.3 Å². The number of nitrogens with zero attached hydrogens (tertiary/aromatic N) is 1. The Morgan fingerprint density at radius 1 is 0.926 bits per heavy atom. The molecule has 4 heteroatoms. The minimum Gasteiger partial charge on any atom is -0.496 e. The van der Waals surface area contributed by atoms with Crippen molar-refractivity contribution in [2.24, 2.45) is 0 Å². The third-order valence-corrected chi connectivity index (χ3v) is 4.85. The van der Waals surface area contributed by atoms with Crippen molar-refractivity contribution in [1.29, 1.82) is 0 Å². The second kappa shape index (κ2) is 6.89. The number of aromatic nitrogens is 1. The number of ether oxygens (including phenoxy) is 1. The number of pyridine rings is 1. The summed E-state index contributed by atoms with van der Waals surface area (Å²) in [7, 11) is 1.69. The second-order valence-corrected chi connectivity index (χ2v) is 6.83. The van der Waals surface area contributed by atoms with Crippen LogP contribution in [0, 0.1) is 13.8 Å². The minimum atomic E-state index is 0.0388. The highest BCUT2D eigenvalue weighted by molar-refractivity contribution is 6.09. The fourth-order valence-electron chi connectivity index (χ4n) is 3.38. The van der Waals surface area contributed by atoms with Crippen LogP contribution in [-0.2, 0) is 6.61 Å². The average Bonchev–Trinajstić information content (AvgIpc) is 2.67. The molecule has 2 N–H and O–H groups in total. The van der Waals surface area contributed by atoms with Crippen molar-refractivity contribution < 1.29 is 9.84 Å². The summed E-state index contributed by atoms with van der Waals surface area (Å²) in [5, 5.41) is 14.9. The summed E-state index contributed by atoms with van der Waals surface area (Å²) in [6.07, 6.45) is 0. The van der Waals surface area contributed by atoms with Crippen LogP contribution in [0.25, 0.3) is 21.8 Å². The van der Waals surface area contributed by atoms with Gasteiger partial charge in [0.15, 0.2) is 0 Å². The second-order valence-electron chi connectivity index (χ2n) is 6.83. The topological polar surface area (TPSA) is 54.4 Å². The lowest BCUT2D eigenvalue weighted by Gasteiger charge is -2.16. The van der Waals surface area contributed by atoms with Gasteiger partial charge in [-0.05, 0) is 60.9 Å². The van der Waals surface area contributed by atoms with Gasteiger partial charge in [-0.15, -0.1) is 0 Å². The predicted octanol–water partition coefficient (Wildman–Crippen LogP) is 5.25. The largest absolute Gasteiger partial charge is 0.496 e. The van der Waals surface area contributed by atoms with E-state index < -0.39 is 0 Å². The Hall–Kier alpha value is -3.11. The van der Waals surface area contributed by atoms with E-state index in [1.807, 2.05) is 37.3 Å². The van der Waals surface area contributed by atoms with E-state index in [4.69, 9.17) is 9.72 Å². The number of fused-ring (bicyclic) bond motifs is 2. The van der Waals surface area contributed by atoms with Gasteiger partial charge in [-0.25, -0.2) is 4.98 Å². The summed E-state index contributed by atoms with van der Waals surface area (Å²) < 4.78 is 5.54. The normalized spacial score (nSPS) is 11.1. The lowest BCUT2D eigenvalue weighted by molar-refractivity contribution is 0.282. The number of hydrogen-bond acceptors (Lipinski definition) is 4. The van der Waals surface area contributed by atoms with E-state index in [2.05, 4.69) is 36.5 Å². The highest BCUT2D eigenvalue weighted by atomic mass is 16.5. The predicted molar refractivity (Wildman–Crippen MR) is 111 cm³/mol. The summed E-state index contributed by atoms with van der Waals surface area (Å²) in [6, 6.07) is 18.2. The summed E-state index contributed by atoms with van der Waals surface area (Å²) in [5.41, 5.74) is 6.98. The SMILES string of the molecule is COc1cc2c(Nc3ccc(CO)cc3)c3ccc(C)cc3nc2cc1C. The van der Waals surface area contributed by atoms with Crippen LogP contribution in [0.3, 0.4) is 0 Å². The molecule has 0 saturated heterocycles. The Labute approximate surface area is 158 Å². The molecule has 3 aromatic carbocycles. The molecule has 0 aliphatic carbocycles. The zero-order valence-electron chi connectivity index (χ0n) is 15.7. The molecule has 0 aliphatic heterocycles. The van der Waals surface area contributed by atoms with Crippen LogP contribution in [0.2, 0.25) is 0 Å². The molecule has 1 aromatic heterocycles. The van der Waals surface area contributed by atoms with Gasteiger partial charge < -0.3 is 15.2 Å². The maximum atomic E-state index is 9.27. The zero-order chi connectivity index (χ0) is 19.0. The van der Waals surface area contributed by atoms with Gasteiger partial charge >= 0.3 is 0 Å². The summed E-state index contributed by atoms with van der Waals surface area (Å²) in [4.78, 5) is 4.88. The number of nitrogens with one attached hydrogen (secondary N) is 1. The molecular weight excluding hydrogens is 336 g/mol. The number of benzene rings is 3. The van der Waals surface area contributed by atoms with E-state index in [1.165, 1.54) is 5.56 Å². The molecule has 0 atom stereocenters. The lowest BCUT2D eigenvalue weighted by Crippen LogP contribution is -1.97. The Kier molecular flexibility index (Phi) is 4.42. The Morgan fingerprint density at radius 2 is 1.67 bits per heavy atom. The summed E-state index contributed by atoms with van der Waals surface area (Å²) >= 11 is 0. The van der Waals surface area contributed by atoms with E-state index in [-0.39, 0.29) is 6.61 Å². The molecule has 0 radical (unpaired) electrons. The smallest absolute Gasteiger partial charge is 0.122 e. The maximum Gasteiger partial charge on any atom is 0.122 e. The molecule has 4 rings (SSSR count).